The van der Waals surface area contributed by atoms with Crippen LogP contribution < -0.4 is 16.4 Å². The molecule has 0 radical (unpaired) electrons. The maximum Gasteiger partial charge on any atom is 0.0545 e. The molecule has 0 spiro atoms. The monoisotopic (exact) mass is 222 g/mol. The van der Waals surface area contributed by atoms with Crippen LogP contribution in [0.2, 0.25) is 0 Å². The van der Waals surface area contributed by atoms with Crippen LogP contribution in [0.4, 0.5) is 0 Å². The molecule has 4 heteroatoms. The Kier molecular flexibility index (Phi) is 6.72. The molecule has 0 saturated heterocycles. The second-order valence-electron chi connectivity index (χ2n) is 3.75. The summed E-state index contributed by atoms with van der Waals surface area (Å²) in [5, 5.41) is 6.69. The van der Waals surface area contributed by atoms with E-state index < -0.39 is 0 Å². The van der Waals surface area contributed by atoms with Crippen molar-refractivity contribution >= 4 is 0 Å². The lowest BCUT2D eigenvalue weighted by Gasteiger charge is -2.06. The van der Waals surface area contributed by atoms with Gasteiger partial charge in [0.15, 0.2) is 0 Å². The smallest absolute Gasteiger partial charge is 0.0545 e. The number of pyridine rings is 1. The van der Waals surface area contributed by atoms with E-state index in [2.05, 4.69) is 22.5 Å². The van der Waals surface area contributed by atoms with Crippen LogP contribution in [0.5, 0.6) is 0 Å². The van der Waals surface area contributed by atoms with E-state index in [4.69, 9.17) is 5.73 Å². The second-order valence-corrected chi connectivity index (χ2v) is 3.75. The van der Waals surface area contributed by atoms with E-state index in [0.29, 0.717) is 6.54 Å². The normalized spacial score (nSPS) is 10.6. The van der Waals surface area contributed by atoms with E-state index in [9.17, 15) is 0 Å². The van der Waals surface area contributed by atoms with Crippen molar-refractivity contribution in [2.45, 2.75) is 26.4 Å². The third-order valence-electron chi connectivity index (χ3n) is 2.29. The van der Waals surface area contributed by atoms with Crippen molar-refractivity contribution in [2.24, 2.45) is 5.73 Å². The molecule has 0 aliphatic heterocycles. The molecule has 0 aliphatic rings. The van der Waals surface area contributed by atoms with Crippen LogP contribution in [0, 0.1) is 0 Å². The van der Waals surface area contributed by atoms with Crippen molar-refractivity contribution in [1.82, 2.24) is 15.6 Å². The zero-order valence-electron chi connectivity index (χ0n) is 10.00. The summed E-state index contributed by atoms with van der Waals surface area (Å²) >= 11 is 0. The Morgan fingerprint density at radius 1 is 1.12 bits per heavy atom. The molecule has 1 aromatic heterocycles. The molecule has 16 heavy (non-hydrogen) atoms. The Morgan fingerprint density at radius 2 is 1.88 bits per heavy atom. The number of aromatic nitrogens is 1. The maximum absolute atomic E-state index is 5.54. The predicted molar refractivity (Wildman–Crippen MR) is 67.0 cm³/mol. The van der Waals surface area contributed by atoms with Crippen molar-refractivity contribution in [3.8, 4) is 0 Å². The molecule has 0 aliphatic carbocycles. The van der Waals surface area contributed by atoms with Gasteiger partial charge < -0.3 is 16.4 Å². The van der Waals surface area contributed by atoms with Crippen molar-refractivity contribution < 1.29 is 0 Å². The van der Waals surface area contributed by atoms with Gasteiger partial charge in [-0.1, -0.05) is 13.0 Å². The van der Waals surface area contributed by atoms with Gasteiger partial charge in [0.2, 0.25) is 0 Å². The molecule has 90 valence electrons. The molecular weight excluding hydrogens is 200 g/mol. The zero-order chi connectivity index (χ0) is 11.6. The number of nitrogens with one attached hydrogen (secondary N) is 2. The zero-order valence-corrected chi connectivity index (χ0v) is 10.00. The summed E-state index contributed by atoms with van der Waals surface area (Å²) in [5.41, 5.74) is 7.54. The minimum Gasteiger partial charge on any atom is -0.325 e. The first-order valence-corrected chi connectivity index (χ1v) is 5.93. The summed E-state index contributed by atoms with van der Waals surface area (Å²) in [4.78, 5) is 4.42. The molecule has 1 heterocycles. The quantitative estimate of drug-likeness (QED) is 0.565. The summed E-state index contributed by atoms with van der Waals surface area (Å²) in [6, 6.07) is 5.97. The highest BCUT2D eigenvalue weighted by atomic mass is 14.9. The fourth-order valence-corrected chi connectivity index (χ4v) is 1.44. The SMILES string of the molecule is CCCNCCNCc1cccc(CN)n1. The molecule has 0 amide bonds. The summed E-state index contributed by atoms with van der Waals surface area (Å²) in [6.07, 6.45) is 1.18. The van der Waals surface area contributed by atoms with Crippen LogP contribution >= 0.6 is 0 Å². The standard InChI is InChI=1S/C12H22N4/c1-2-6-14-7-8-15-10-12-5-3-4-11(9-13)16-12/h3-5,14-15H,2,6-10,13H2,1H3. The lowest BCUT2D eigenvalue weighted by atomic mass is 10.3. The third kappa shape index (κ3) is 5.21. The maximum atomic E-state index is 5.54. The molecule has 0 bridgehead atoms. The van der Waals surface area contributed by atoms with Gasteiger partial charge in [0.1, 0.15) is 0 Å². The third-order valence-corrected chi connectivity index (χ3v) is 2.29. The highest BCUT2D eigenvalue weighted by molar-refractivity contribution is 5.10. The van der Waals surface area contributed by atoms with Crippen LogP contribution in [0.15, 0.2) is 18.2 Å². The first-order chi connectivity index (χ1) is 7.86. The Morgan fingerprint density at radius 3 is 2.62 bits per heavy atom. The molecule has 0 fully saturated rings. The van der Waals surface area contributed by atoms with E-state index in [0.717, 1.165) is 37.6 Å². The molecular formula is C12H22N4. The minimum atomic E-state index is 0.506. The fourth-order valence-electron chi connectivity index (χ4n) is 1.44. The topological polar surface area (TPSA) is 63.0 Å². The summed E-state index contributed by atoms with van der Waals surface area (Å²) in [6.45, 7) is 6.54. The first-order valence-electron chi connectivity index (χ1n) is 5.93. The number of hydrogen-bond acceptors (Lipinski definition) is 4. The lowest BCUT2D eigenvalue weighted by molar-refractivity contribution is 0.601. The van der Waals surface area contributed by atoms with E-state index in [1.165, 1.54) is 6.42 Å². The summed E-state index contributed by atoms with van der Waals surface area (Å²) in [7, 11) is 0. The molecule has 4 N–H and O–H groups in total. The predicted octanol–water partition coefficient (Wildman–Crippen LogP) is 0.629. The van der Waals surface area contributed by atoms with E-state index >= 15 is 0 Å². The number of rotatable bonds is 8. The van der Waals surface area contributed by atoms with Crippen LogP contribution in [-0.4, -0.2) is 24.6 Å². The van der Waals surface area contributed by atoms with Gasteiger partial charge >= 0.3 is 0 Å². The van der Waals surface area contributed by atoms with Gasteiger partial charge in [-0.05, 0) is 25.1 Å². The second kappa shape index (κ2) is 8.21. The van der Waals surface area contributed by atoms with Crippen LogP contribution in [0.1, 0.15) is 24.7 Å². The summed E-state index contributed by atoms with van der Waals surface area (Å²) < 4.78 is 0. The van der Waals surface area contributed by atoms with Gasteiger partial charge in [-0.15, -0.1) is 0 Å². The largest absolute Gasteiger partial charge is 0.325 e. The molecule has 1 rings (SSSR count). The van der Waals surface area contributed by atoms with Gasteiger partial charge in [0.05, 0.1) is 11.4 Å². The highest BCUT2D eigenvalue weighted by Crippen LogP contribution is 1.97. The first kappa shape index (κ1) is 13.1. The molecule has 1 aromatic rings. The van der Waals surface area contributed by atoms with Crippen molar-refractivity contribution in [2.75, 3.05) is 19.6 Å². The van der Waals surface area contributed by atoms with Gasteiger partial charge in [-0.2, -0.15) is 0 Å². The average molecular weight is 222 g/mol. The molecule has 0 aromatic carbocycles. The van der Waals surface area contributed by atoms with Crippen molar-refractivity contribution in [1.29, 1.82) is 0 Å². The van der Waals surface area contributed by atoms with Crippen LogP contribution in [0.25, 0.3) is 0 Å². The minimum absolute atomic E-state index is 0.506. The van der Waals surface area contributed by atoms with Crippen molar-refractivity contribution in [3.05, 3.63) is 29.6 Å². The van der Waals surface area contributed by atoms with Gasteiger partial charge in [0, 0.05) is 26.2 Å². The van der Waals surface area contributed by atoms with E-state index in [-0.39, 0.29) is 0 Å². The number of nitrogens with zero attached hydrogens (tertiary/aromatic N) is 1. The Bertz CT molecular complexity index is 288. The molecule has 0 saturated carbocycles. The van der Waals surface area contributed by atoms with Crippen molar-refractivity contribution in [3.63, 3.8) is 0 Å². The number of hydrogen-bond donors (Lipinski definition) is 3. The Labute approximate surface area is 97.6 Å². The number of nitrogens with two attached hydrogens (primary N) is 1. The summed E-state index contributed by atoms with van der Waals surface area (Å²) in [5.74, 6) is 0. The Balaban J connectivity index is 2.16. The highest BCUT2D eigenvalue weighted by Gasteiger charge is 1.95. The molecule has 0 unspecified atom stereocenters. The van der Waals surface area contributed by atoms with Crippen LogP contribution in [-0.2, 0) is 13.1 Å². The van der Waals surface area contributed by atoms with Crippen LogP contribution in [0.3, 0.4) is 0 Å². The van der Waals surface area contributed by atoms with E-state index in [1.807, 2.05) is 18.2 Å². The Hall–Kier alpha value is -0.970. The average Bonchev–Trinajstić information content (AvgIpc) is 2.34. The van der Waals surface area contributed by atoms with E-state index in [1.54, 1.807) is 0 Å². The van der Waals surface area contributed by atoms with Gasteiger partial charge in [-0.3, -0.25) is 4.98 Å². The van der Waals surface area contributed by atoms with Gasteiger partial charge in [-0.25, -0.2) is 0 Å². The fraction of sp³-hybridized carbons (Fsp3) is 0.583. The molecule has 0 atom stereocenters. The lowest BCUT2D eigenvalue weighted by Crippen LogP contribution is -2.27. The van der Waals surface area contributed by atoms with Gasteiger partial charge in [0.25, 0.3) is 0 Å². The molecule has 4 nitrogen and oxygen atoms in total.